The Morgan fingerprint density at radius 1 is 1.24 bits per heavy atom. The number of anilines is 1. The predicted octanol–water partition coefficient (Wildman–Crippen LogP) is 3.37. The Labute approximate surface area is 126 Å². The standard InChI is InChI=1S/C16H14N2O2S/c1-10-2-4-13-11(7-16(19)20-14(13)6-10)9-21-12-3-5-15(17)18-8-12/h2-8H,9H2,1H3,(H2,17,18). The van der Waals surface area contributed by atoms with Crippen LogP contribution in [0.4, 0.5) is 5.82 Å². The zero-order valence-corrected chi connectivity index (χ0v) is 12.3. The molecule has 1 aromatic carbocycles. The maximum absolute atomic E-state index is 11.7. The number of aromatic nitrogens is 1. The van der Waals surface area contributed by atoms with Crippen molar-refractivity contribution in [3.63, 3.8) is 0 Å². The van der Waals surface area contributed by atoms with Crippen molar-refractivity contribution in [1.82, 2.24) is 4.98 Å². The zero-order valence-electron chi connectivity index (χ0n) is 11.5. The second-order valence-corrected chi connectivity index (χ2v) is 5.85. The molecule has 0 bridgehead atoms. The van der Waals surface area contributed by atoms with Gasteiger partial charge in [-0.1, -0.05) is 12.1 Å². The van der Waals surface area contributed by atoms with Crippen molar-refractivity contribution < 1.29 is 4.42 Å². The fourth-order valence-corrected chi connectivity index (χ4v) is 2.95. The van der Waals surface area contributed by atoms with E-state index >= 15 is 0 Å². The first-order valence-electron chi connectivity index (χ1n) is 6.49. The van der Waals surface area contributed by atoms with Crippen LogP contribution < -0.4 is 11.4 Å². The molecule has 0 radical (unpaired) electrons. The number of pyridine rings is 1. The maximum Gasteiger partial charge on any atom is 0.336 e. The van der Waals surface area contributed by atoms with E-state index in [4.69, 9.17) is 10.2 Å². The van der Waals surface area contributed by atoms with Gasteiger partial charge >= 0.3 is 5.63 Å². The number of nitrogen functional groups attached to an aromatic ring is 1. The molecule has 21 heavy (non-hydrogen) atoms. The number of fused-ring (bicyclic) bond motifs is 1. The Bertz CT molecular complexity index is 841. The third-order valence-corrected chi connectivity index (χ3v) is 4.17. The van der Waals surface area contributed by atoms with E-state index in [1.165, 1.54) is 0 Å². The van der Waals surface area contributed by atoms with Crippen LogP contribution in [-0.2, 0) is 5.75 Å². The van der Waals surface area contributed by atoms with Gasteiger partial charge in [-0.15, -0.1) is 11.8 Å². The summed E-state index contributed by atoms with van der Waals surface area (Å²) < 4.78 is 5.26. The van der Waals surface area contributed by atoms with Crippen molar-refractivity contribution in [3.8, 4) is 0 Å². The molecule has 0 atom stereocenters. The fourth-order valence-electron chi connectivity index (χ4n) is 2.09. The molecule has 0 aliphatic rings. The summed E-state index contributed by atoms with van der Waals surface area (Å²) in [6, 6.07) is 11.1. The van der Waals surface area contributed by atoms with Crippen molar-refractivity contribution in [1.29, 1.82) is 0 Å². The molecule has 4 nitrogen and oxygen atoms in total. The summed E-state index contributed by atoms with van der Waals surface area (Å²) in [6.45, 7) is 1.97. The molecular formula is C16H14N2O2S. The molecule has 0 amide bonds. The van der Waals surface area contributed by atoms with E-state index in [1.807, 2.05) is 31.2 Å². The lowest BCUT2D eigenvalue weighted by atomic mass is 10.1. The Morgan fingerprint density at radius 2 is 2.10 bits per heavy atom. The van der Waals surface area contributed by atoms with E-state index in [1.54, 1.807) is 30.1 Å². The van der Waals surface area contributed by atoms with Gasteiger partial charge in [0, 0.05) is 28.3 Å². The lowest BCUT2D eigenvalue weighted by Crippen LogP contribution is -2.00. The largest absolute Gasteiger partial charge is 0.423 e. The number of benzene rings is 1. The number of nitrogens with zero attached hydrogens (tertiary/aromatic N) is 1. The lowest BCUT2D eigenvalue weighted by Gasteiger charge is -2.06. The Balaban J connectivity index is 1.93. The van der Waals surface area contributed by atoms with E-state index < -0.39 is 0 Å². The number of hydrogen-bond acceptors (Lipinski definition) is 5. The minimum atomic E-state index is -0.320. The van der Waals surface area contributed by atoms with Crippen LogP contribution in [-0.4, -0.2) is 4.98 Å². The summed E-state index contributed by atoms with van der Waals surface area (Å²) in [6.07, 6.45) is 1.73. The molecule has 0 fully saturated rings. The minimum Gasteiger partial charge on any atom is -0.423 e. The highest BCUT2D eigenvalue weighted by atomic mass is 32.2. The first-order chi connectivity index (χ1) is 10.1. The topological polar surface area (TPSA) is 69.1 Å². The molecular weight excluding hydrogens is 284 g/mol. The van der Waals surface area contributed by atoms with Gasteiger partial charge in [0.15, 0.2) is 0 Å². The van der Waals surface area contributed by atoms with Crippen LogP contribution in [0.15, 0.2) is 56.7 Å². The highest BCUT2D eigenvalue weighted by Gasteiger charge is 2.06. The fraction of sp³-hybridized carbons (Fsp3) is 0.125. The molecule has 106 valence electrons. The van der Waals surface area contributed by atoms with E-state index in [9.17, 15) is 4.79 Å². The van der Waals surface area contributed by atoms with Crippen LogP contribution >= 0.6 is 11.8 Å². The van der Waals surface area contributed by atoms with E-state index in [0.717, 1.165) is 21.4 Å². The van der Waals surface area contributed by atoms with Gasteiger partial charge in [0.2, 0.25) is 0 Å². The molecule has 2 aromatic heterocycles. The van der Waals surface area contributed by atoms with E-state index in [2.05, 4.69) is 4.98 Å². The first kappa shape index (κ1) is 13.7. The molecule has 0 spiro atoms. The van der Waals surface area contributed by atoms with Gasteiger partial charge in [-0.3, -0.25) is 0 Å². The Morgan fingerprint density at radius 3 is 2.86 bits per heavy atom. The Hall–Kier alpha value is -2.27. The quantitative estimate of drug-likeness (QED) is 0.593. The molecule has 3 rings (SSSR count). The maximum atomic E-state index is 11.7. The molecule has 0 unspecified atom stereocenters. The van der Waals surface area contributed by atoms with Crippen LogP contribution in [0, 0.1) is 6.92 Å². The lowest BCUT2D eigenvalue weighted by molar-refractivity contribution is 0.559. The van der Waals surface area contributed by atoms with Crippen molar-refractivity contribution in [2.45, 2.75) is 17.6 Å². The summed E-state index contributed by atoms with van der Waals surface area (Å²) in [5.74, 6) is 1.18. The van der Waals surface area contributed by atoms with Gasteiger partial charge in [0.25, 0.3) is 0 Å². The van der Waals surface area contributed by atoms with E-state index in [0.29, 0.717) is 17.2 Å². The van der Waals surface area contributed by atoms with Gasteiger partial charge in [0.1, 0.15) is 11.4 Å². The van der Waals surface area contributed by atoms with Crippen LogP contribution in [0.2, 0.25) is 0 Å². The van der Waals surface area contributed by atoms with Crippen LogP contribution in [0.3, 0.4) is 0 Å². The monoisotopic (exact) mass is 298 g/mol. The minimum absolute atomic E-state index is 0.320. The zero-order chi connectivity index (χ0) is 14.8. The molecule has 0 aliphatic heterocycles. The number of hydrogen-bond donors (Lipinski definition) is 1. The number of aryl methyl sites for hydroxylation is 1. The molecule has 3 aromatic rings. The molecule has 0 saturated carbocycles. The summed E-state index contributed by atoms with van der Waals surface area (Å²) >= 11 is 1.61. The molecule has 2 heterocycles. The third kappa shape index (κ3) is 3.08. The number of rotatable bonds is 3. The SMILES string of the molecule is Cc1ccc2c(CSc3ccc(N)nc3)cc(=O)oc2c1. The molecule has 2 N–H and O–H groups in total. The average molecular weight is 298 g/mol. The Kier molecular flexibility index (Phi) is 3.66. The van der Waals surface area contributed by atoms with Crippen molar-refractivity contribution in [2.24, 2.45) is 0 Å². The smallest absolute Gasteiger partial charge is 0.336 e. The van der Waals surface area contributed by atoms with Crippen LogP contribution in [0.25, 0.3) is 11.0 Å². The van der Waals surface area contributed by atoms with Gasteiger partial charge in [-0.2, -0.15) is 0 Å². The van der Waals surface area contributed by atoms with Gasteiger partial charge in [0.05, 0.1) is 0 Å². The first-order valence-corrected chi connectivity index (χ1v) is 7.48. The predicted molar refractivity (Wildman–Crippen MR) is 85.4 cm³/mol. The highest BCUT2D eigenvalue weighted by molar-refractivity contribution is 7.98. The summed E-state index contributed by atoms with van der Waals surface area (Å²) in [4.78, 5) is 16.7. The van der Waals surface area contributed by atoms with Crippen molar-refractivity contribution in [2.75, 3.05) is 5.73 Å². The van der Waals surface area contributed by atoms with Gasteiger partial charge in [-0.25, -0.2) is 9.78 Å². The van der Waals surface area contributed by atoms with Crippen molar-refractivity contribution in [3.05, 3.63) is 64.1 Å². The number of nitrogens with two attached hydrogens (primary N) is 1. The summed E-state index contributed by atoms with van der Waals surface area (Å²) in [5, 5.41) is 0.969. The molecule has 0 aliphatic carbocycles. The number of thioether (sulfide) groups is 1. The average Bonchev–Trinajstić information content (AvgIpc) is 2.45. The molecule has 5 heteroatoms. The summed E-state index contributed by atoms with van der Waals surface area (Å²) in [7, 11) is 0. The second-order valence-electron chi connectivity index (χ2n) is 4.80. The van der Waals surface area contributed by atoms with E-state index in [-0.39, 0.29) is 5.63 Å². The second kappa shape index (κ2) is 5.61. The molecule has 0 saturated heterocycles. The van der Waals surface area contributed by atoms with Crippen LogP contribution in [0.5, 0.6) is 0 Å². The normalized spacial score (nSPS) is 10.9. The highest BCUT2D eigenvalue weighted by Crippen LogP contribution is 2.26. The van der Waals surface area contributed by atoms with Crippen LogP contribution in [0.1, 0.15) is 11.1 Å². The van der Waals surface area contributed by atoms with Crippen molar-refractivity contribution >= 4 is 28.5 Å². The van der Waals surface area contributed by atoms with Gasteiger partial charge < -0.3 is 10.2 Å². The summed E-state index contributed by atoms with van der Waals surface area (Å²) in [5.41, 5.74) is 7.91. The third-order valence-electron chi connectivity index (χ3n) is 3.14. The van der Waals surface area contributed by atoms with Gasteiger partial charge in [-0.05, 0) is 36.2 Å².